The van der Waals surface area contributed by atoms with Crippen LogP contribution in [0.4, 0.5) is 39.9 Å². The van der Waals surface area contributed by atoms with Crippen LogP contribution in [0.3, 0.4) is 0 Å². The molecule has 0 bridgehead atoms. The van der Waals surface area contributed by atoms with E-state index in [0.29, 0.717) is 17.4 Å². The number of halogens is 1. The number of pyridine rings is 2. The molecule has 8 aromatic rings. The Hall–Kier alpha value is -10.2. The predicted molar refractivity (Wildman–Crippen MR) is 311 cm³/mol. The van der Waals surface area contributed by atoms with E-state index in [1.165, 1.54) is 98.0 Å². The maximum absolute atomic E-state index is 12.3. The van der Waals surface area contributed by atoms with E-state index in [2.05, 4.69) is 66.1 Å². The van der Waals surface area contributed by atoms with Gasteiger partial charge in [-0.25, -0.2) is 32.6 Å². The van der Waals surface area contributed by atoms with Crippen LogP contribution >= 0.6 is 11.6 Å². The minimum atomic E-state index is -3.79. The Morgan fingerprint density at radius 1 is 0.590 bits per heavy atom. The van der Waals surface area contributed by atoms with Crippen LogP contribution in [0.25, 0.3) is 10.9 Å². The number of carbonyl (C=O) groups is 4. The van der Waals surface area contributed by atoms with Gasteiger partial charge in [-0.05, 0) is 173 Å². The summed E-state index contributed by atoms with van der Waals surface area (Å²) in [6.45, 7) is 10.1. The molecule has 432 valence electrons. The number of nitrogens with two attached hydrogens (primary N) is 1. The normalized spacial score (nSPS) is 11.3. The molecule has 8 rings (SSSR count). The summed E-state index contributed by atoms with van der Waals surface area (Å²) in [6, 6.07) is 33.8. The monoisotopic (exact) mass is 1170 g/mol. The van der Waals surface area contributed by atoms with Crippen LogP contribution in [0.15, 0.2) is 177 Å². The minimum absolute atomic E-state index is 0.0231. The molecule has 2 aromatic heterocycles. The van der Waals surface area contributed by atoms with Crippen molar-refractivity contribution in [2.75, 3.05) is 35.4 Å². The lowest BCUT2D eigenvalue weighted by molar-refractivity contribution is 0.0682. The number of nitrogens with zero attached hydrogens (tertiary/aromatic N) is 7. The van der Waals surface area contributed by atoms with Gasteiger partial charge in [-0.15, -0.1) is 0 Å². The molecule has 2 heterocycles. The van der Waals surface area contributed by atoms with Gasteiger partial charge in [-0.3, -0.25) is 9.71 Å². The van der Waals surface area contributed by atoms with Crippen molar-refractivity contribution < 1.29 is 68.4 Å². The van der Waals surface area contributed by atoms with E-state index in [0.717, 1.165) is 65.4 Å². The Bertz CT molecular complexity index is 3680. The Morgan fingerprint density at radius 2 is 1.06 bits per heavy atom. The van der Waals surface area contributed by atoms with Crippen LogP contribution in [0, 0.1) is 0 Å². The first kappa shape index (κ1) is 63.6. The van der Waals surface area contributed by atoms with Crippen LogP contribution in [0.2, 0.25) is 5.02 Å². The van der Waals surface area contributed by atoms with Crippen LogP contribution < -0.4 is 15.8 Å². The topological polar surface area (TPSA) is 393 Å². The molecule has 1 unspecified atom stereocenters. The highest BCUT2D eigenvalue weighted by Crippen LogP contribution is 2.30. The van der Waals surface area contributed by atoms with Crippen molar-refractivity contribution in [1.82, 2.24) is 14.9 Å². The Labute approximate surface area is 480 Å². The second-order valence-corrected chi connectivity index (χ2v) is 19.7. The van der Waals surface area contributed by atoms with Crippen molar-refractivity contribution in [3.63, 3.8) is 0 Å². The van der Waals surface area contributed by atoms with Crippen molar-refractivity contribution in [2.45, 2.75) is 44.6 Å². The fourth-order valence-electron chi connectivity index (χ4n) is 7.29. The van der Waals surface area contributed by atoms with Gasteiger partial charge in [-0.2, -0.15) is 20.5 Å². The Kier molecular flexibility index (Phi) is 23.3. The Morgan fingerprint density at radius 3 is 1.52 bits per heavy atom. The Balaban J connectivity index is 0.000000211. The summed E-state index contributed by atoms with van der Waals surface area (Å²) in [5, 5.41) is 93.2. The van der Waals surface area contributed by atoms with E-state index in [9.17, 15) is 42.9 Å². The molecule has 0 aliphatic rings. The molecule has 0 amide bonds. The van der Waals surface area contributed by atoms with Crippen LogP contribution in [0.1, 0.15) is 75.0 Å². The molecule has 12 N–H and O–H groups in total. The quantitative estimate of drug-likeness (QED) is 0.0203. The maximum atomic E-state index is 12.3. The van der Waals surface area contributed by atoms with Crippen LogP contribution in [0.5, 0.6) is 23.0 Å². The average Bonchev–Trinajstić information content (AvgIpc) is 3.65. The number of nitrogens with one attached hydrogen (secondary N) is 2. The average molecular weight is 1170 g/mol. The zero-order chi connectivity index (χ0) is 60.8. The number of aromatic nitrogens is 2. The van der Waals surface area contributed by atoms with Gasteiger partial charge in [0.15, 0.2) is 0 Å². The van der Waals surface area contributed by atoms with Crippen molar-refractivity contribution >= 4 is 96.3 Å². The van der Waals surface area contributed by atoms with Crippen molar-refractivity contribution in [3.8, 4) is 23.0 Å². The highest BCUT2D eigenvalue weighted by molar-refractivity contribution is 7.92. The molecule has 0 fully saturated rings. The molecular weight excluding hydrogens is 1120 g/mol. The third-order valence-corrected chi connectivity index (χ3v) is 13.2. The smallest absolute Gasteiger partial charge is 0.339 e. The standard InChI is InChI=1S/C18H26ClN3.C18H14N4O5S.C14H10N2O6.C7H7NO3/c1-4-22(5-2)12-6-7-14(3)21-17-10-11-20-18-13-15(19)8-9-16(17)18;23-16-9-6-13(11-15(16)18(24)25)21-20-12-4-7-14(8-5-12)28(26,27)22-17-3-1-2-10-19-17;17-11-3-1-7(5-9(11)13(19)20)15-16-8-2-4-12(18)10(6-8)14(21)22;8-4-1-2-6(9)5(3-4)7(10)11/h8-11,13-14H,4-7,12H2,1-3H3,(H,20,21);1-11,23H,(H,19,22)(H,24,25);1-6,17-18H,(H,19,20)(H,21,22);1-3,9H,8H2,(H,10,11). The number of nitrogen functional groups attached to an aromatic ring is 1. The van der Waals surface area contributed by atoms with E-state index < -0.39 is 45.4 Å². The van der Waals surface area contributed by atoms with Gasteiger partial charge in [0.25, 0.3) is 10.0 Å². The number of hydrogen-bond donors (Lipinski definition) is 11. The molecule has 83 heavy (non-hydrogen) atoms. The number of fused-ring (bicyclic) bond motifs is 1. The van der Waals surface area contributed by atoms with Crippen molar-refractivity contribution in [3.05, 3.63) is 179 Å². The number of benzene rings is 6. The second kappa shape index (κ2) is 30.4. The molecule has 0 saturated carbocycles. The van der Waals surface area contributed by atoms with E-state index in [4.69, 9.17) is 42.9 Å². The molecule has 26 heteroatoms. The van der Waals surface area contributed by atoms with Gasteiger partial charge >= 0.3 is 23.9 Å². The summed E-state index contributed by atoms with van der Waals surface area (Å²) >= 11 is 6.04. The fraction of sp³-hybridized carbons (Fsp3) is 0.158. The highest BCUT2D eigenvalue weighted by Gasteiger charge is 2.16. The fourth-order valence-corrected chi connectivity index (χ4v) is 8.46. The zero-order valence-electron chi connectivity index (χ0n) is 44.6. The molecule has 6 aromatic carbocycles. The molecule has 0 spiro atoms. The zero-order valence-corrected chi connectivity index (χ0v) is 46.1. The first-order chi connectivity index (χ1) is 39.5. The molecular formula is C57H57ClN10O14S. The minimum Gasteiger partial charge on any atom is -0.507 e. The largest absolute Gasteiger partial charge is 0.507 e. The number of carboxylic acids is 4. The third kappa shape index (κ3) is 19.5. The number of sulfonamides is 1. The summed E-state index contributed by atoms with van der Waals surface area (Å²) in [6.07, 6.45) is 5.68. The van der Waals surface area contributed by atoms with Gasteiger partial charge in [0.1, 0.15) is 51.1 Å². The number of phenols is 4. The molecule has 0 saturated heterocycles. The van der Waals surface area contributed by atoms with E-state index in [1.807, 2.05) is 30.5 Å². The second-order valence-electron chi connectivity index (χ2n) is 17.6. The lowest BCUT2D eigenvalue weighted by Crippen LogP contribution is -2.25. The number of anilines is 3. The summed E-state index contributed by atoms with van der Waals surface area (Å²) in [4.78, 5) is 53.9. The molecule has 0 aliphatic heterocycles. The first-order valence-electron chi connectivity index (χ1n) is 24.9. The van der Waals surface area contributed by atoms with Crippen LogP contribution in [-0.2, 0) is 10.0 Å². The third-order valence-electron chi connectivity index (χ3n) is 11.6. The van der Waals surface area contributed by atoms with Gasteiger partial charge in [-0.1, -0.05) is 31.5 Å². The molecule has 24 nitrogen and oxygen atoms in total. The number of carboxylic acid groups (broad SMARTS) is 4. The maximum Gasteiger partial charge on any atom is 0.339 e. The van der Waals surface area contributed by atoms with Gasteiger partial charge in [0.05, 0.1) is 33.2 Å². The van der Waals surface area contributed by atoms with E-state index in [-0.39, 0.29) is 61.5 Å². The van der Waals surface area contributed by atoms with Gasteiger partial charge in [0, 0.05) is 40.2 Å². The SMILES string of the molecule is CCN(CC)CCCC(C)Nc1ccnc2cc(Cl)ccc12.Nc1ccc(O)c(C(=O)O)c1.O=C(O)c1cc(N=Nc2ccc(O)c(C(=O)O)c2)ccc1O.O=C(O)c1cc(N=Nc2ccc(S(=O)(=O)Nc3ccccn3)cc2)ccc1O. The number of azo groups is 2. The molecule has 0 aliphatic carbocycles. The number of aromatic hydroxyl groups is 4. The number of rotatable bonds is 19. The van der Waals surface area contributed by atoms with Gasteiger partial charge in [0.2, 0.25) is 0 Å². The van der Waals surface area contributed by atoms with Gasteiger partial charge < -0.3 is 56.8 Å². The predicted octanol–water partition coefficient (Wildman–Crippen LogP) is 12.1. The van der Waals surface area contributed by atoms with E-state index >= 15 is 0 Å². The summed E-state index contributed by atoms with van der Waals surface area (Å²) in [7, 11) is -3.79. The van der Waals surface area contributed by atoms with Crippen molar-refractivity contribution in [1.29, 1.82) is 0 Å². The number of hydrogen-bond acceptors (Lipinski definition) is 19. The first-order valence-corrected chi connectivity index (χ1v) is 26.8. The lowest BCUT2D eigenvalue weighted by Gasteiger charge is -2.20. The van der Waals surface area contributed by atoms with Crippen molar-refractivity contribution in [2.24, 2.45) is 20.5 Å². The van der Waals surface area contributed by atoms with Crippen LogP contribution in [-0.4, -0.2) is 114 Å². The summed E-state index contributed by atoms with van der Waals surface area (Å²) < 4.78 is 27.0. The summed E-state index contributed by atoms with van der Waals surface area (Å²) in [5.41, 5.74) is 7.49. The lowest BCUT2D eigenvalue weighted by atomic mass is 10.1. The molecule has 1 atom stereocenters. The number of aromatic carboxylic acids is 4. The summed E-state index contributed by atoms with van der Waals surface area (Å²) in [5.74, 6) is -6.34. The highest BCUT2D eigenvalue weighted by atomic mass is 35.5. The van der Waals surface area contributed by atoms with E-state index in [1.54, 1.807) is 12.1 Å². The molecule has 0 radical (unpaired) electrons.